The first kappa shape index (κ1) is 14.9. The number of piperidine rings is 1. The molecule has 22 heavy (non-hydrogen) atoms. The highest BCUT2D eigenvalue weighted by Crippen LogP contribution is 2.26. The minimum atomic E-state index is -0.306. The first-order chi connectivity index (χ1) is 10.7. The molecule has 0 spiro atoms. The Labute approximate surface area is 132 Å². The molecular weight excluding hydrogens is 303 g/mol. The minimum absolute atomic E-state index is 0.163. The number of nitrogens with one attached hydrogen (secondary N) is 1. The predicted molar refractivity (Wildman–Crippen MR) is 86.5 cm³/mol. The Morgan fingerprint density at radius 1 is 1.14 bits per heavy atom. The van der Waals surface area contributed by atoms with Crippen LogP contribution in [0.5, 0.6) is 5.75 Å². The van der Waals surface area contributed by atoms with Gasteiger partial charge in [-0.15, -0.1) is 0 Å². The lowest BCUT2D eigenvalue weighted by Gasteiger charge is -2.32. The summed E-state index contributed by atoms with van der Waals surface area (Å²) in [5, 5.41) is 9.69. The van der Waals surface area contributed by atoms with E-state index in [1.165, 1.54) is 18.5 Å². The van der Waals surface area contributed by atoms with E-state index in [1.54, 1.807) is 30.1 Å². The summed E-state index contributed by atoms with van der Waals surface area (Å²) in [4.78, 5) is 10.4. The number of aromatic hydroxyl groups is 1. The number of rotatable bonds is 4. The van der Waals surface area contributed by atoms with Crippen molar-refractivity contribution >= 4 is 23.6 Å². The minimum Gasteiger partial charge on any atom is -0.506 e. The molecule has 5 nitrogen and oxygen atoms in total. The van der Waals surface area contributed by atoms with Crippen molar-refractivity contribution in [3.63, 3.8) is 0 Å². The molecule has 0 radical (unpaired) electrons. The van der Waals surface area contributed by atoms with Crippen LogP contribution in [0.2, 0.25) is 0 Å². The lowest BCUT2D eigenvalue weighted by atomic mass is 10.1. The third-order valence-electron chi connectivity index (χ3n) is 3.56. The monoisotopic (exact) mass is 320 g/mol. The van der Waals surface area contributed by atoms with Gasteiger partial charge in [0.15, 0.2) is 0 Å². The molecule has 1 fully saturated rings. The van der Waals surface area contributed by atoms with E-state index in [4.69, 9.17) is 0 Å². The maximum atomic E-state index is 12.9. The van der Waals surface area contributed by atoms with Gasteiger partial charge in [0.2, 0.25) is 0 Å². The fourth-order valence-electron chi connectivity index (χ4n) is 2.35. The Hall–Kier alpha value is -2.02. The van der Waals surface area contributed by atoms with Gasteiger partial charge in [-0.2, -0.15) is 0 Å². The van der Waals surface area contributed by atoms with Crippen LogP contribution in [0, 0.1) is 5.82 Å². The number of halogens is 1. The van der Waals surface area contributed by atoms with Crippen molar-refractivity contribution in [1.29, 1.82) is 0 Å². The average molecular weight is 320 g/mol. The number of aromatic nitrogens is 2. The zero-order chi connectivity index (χ0) is 15.4. The maximum absolute atomic E-state index is 12.9. The van der Waals surface area contributed by atoms with Gasteiger partial charge < -0.3 is 14.7 Å². The highest BCUT2D eigenvalue weighted by Gasteiger charge is 2.20. The number of hydrogen-bond donors (Lipinski definition) is 2. The van der Waals surface area contributed by atoms with Crippen LogP contribution in [-0.4, -0.2) is 33.4 Å². The van der Waals surface area contributed by atoms with E-state index in [1.807, 2.05) is 0 Å². The number of nitrogens with zero attached hydrogens (tertiary/aromatic N) is 3. The molecule has 3 rings (SSSR count). The molecule has 2 aromatic rings. The molecule has 0 amide bonds. The van der Waals surface area contributed by atoms with Crippen molar-refractivity contribution in [1.82, 2.24) is 9.97 Å². The van der Waals surface area contributed by atoms with Gasteiger partial charge in [-0.25, -0.2) is 14.4 Å². The standard InChI is InChI=1S/C15H17FN4OS/c16-11-1-4-15(18-9-11)20-7-5-13(6-8-20)22-19-14-3-2-12(21)10-17-14/h1-4,9-10,13,21H,5-8H2,(H,17,19). The van der Waals surface area contributed by atoms with Crippen LogP contribution >= 0.6 is 11.9 Å². The second-order valence-corrected chi connectivity index (χ2v) is 6.25. The summed E-state index contributed by atoms with van der Waals surface area (Å²) in [6, 6.07) is 6.53. The normalized spacial score (nSPS) is 15.8. The largest absolute Gasteiger partial charge is 0.506 e. The summed E-state index contributed by atoms with van der Waals surface area (Å²) in [5.74, 6) is 1.43. The maximum Gasteiger partial charge on any atom is 0.141 e. The Bertz CT molecular complexity index is 600. The first-order valence-corrected chi connectivity index (χ1v) is 8.02. The summed E-state index contributed by atoms with van der Waals surface area (Å²) >= 11 is 1.65. The second kappa shape index (κ2) is 6.83. The van der Waals surface area contributed by atoms with E-state index >= 15 is 0 Å². The van der Waals surface area contributed by atoms with Crippen molar-refractivity contribution in [2.45, 2.75) is 18.1 Å². The smallest absolute Gasteiger partial charge is 0.141 e. The van der Waals surface area contributed by atoms with Gasteiger partial charge in [0, 0.05) is 18.3 Å². The number of pyridine rings is 2. The topological polar surface area (TPSA) is 61.3 Å². The Kier molecular flexibility index (Phi) is 4.62. The Morgan fingerprint density at radius 3 is 2.59 bits per heavy atom. The van der Waals surface area contributed by atoms with E-state index in [9.17, 15) is 9.50 Å². The van der Waals surface area contributed by atoms with Gasteiger partial charge >= 0.3 is 0 Å². The molecule has 116 valence electrons. The summed E-state index contributed by atoms with van der Waals surface area (Å²) in [7, 11) is 0. The van der Waals surface area contributed by atoms with Gasteiger partial charge in [0.1, 0.15) is 23.2 Å². The number of anilines is 2. The Morgan fingerprint density at radius 2 is 1.95 bits per heavy atom. The van der Waals surface area contributed by atoms with Crippen LogP contribution in [0.4, 0.5) is 16.0 Å². The molecule has 2 N–H and O–H groups in total. The van der Waals surface area contributed by atoms with Crippen LogP contribution in [-0.2, 0) is 0 Å². The molecule has 0 unspecified atom stereocenters. The predicted octanol–water partition coefficient (Wildman–Crippen LogP) is 3.05. The van der Waals surface area contributed by atoms with Crippen LogP contribution in [0.15, 0.2) is 36.7 Å². The fourth-order valence-corrected chi connectivity index (χ4v) is 3.20. The SMILES string of the molecule is Oc1ccc(NSC2CCN(c3ccc(F)cn3)CC2)nc1. The molecule has 2 aromatic heterocycles. The molecular formula is C15H17FN4OS. The van der Waals surface area contributed by atoms with E-state index in [0.29, 0.717) is 5.25 Å². The quantitative estimate of drug-likeness (QED) is 0.844. The van der Waals surface area contributed by atoms with Crippen molar-refractivity contribution in [3.05, 3.63) is 42.5 Å². The molecule has 1 aliphatic heterocycles. The average Bonchev–Trinajstić information content (AvgIpc) is 2.56. The van der Waals surface area contributed by atoms with Crippen LogP contribution in [0.1, 0.15) is 12.8 Å². The van der Waals surface area contributed by atoms with E-state index in [0.717, 1.165) is 37.6 Å². The lowest BCUT2D eigenvalue weighted by molar-refractivity contribution is 0.473. The third-order valence-corrected chi connectivity index (χ3v) is 4.69. The third kappa shape index (κ3) is 3.79. The van der Waals surface area contributed by atoms with E-state index in [2.05, 4.69) is 19.6 Å². The second-order valence-electron chi connectivity index (χ2n) is 5.14. The van der Waals surface area contributed by atoms with Crippen molar-refractivity contribution in [3.8, 4) is 5.75 Å². The highest BCUT2D eigenvalue weighted by atomic mass is 32.2. The van der Waals surface area contributed by atoms with Gasteiger partial charge in [-0.1, -0.05) is 0 Å². The zero-order valence-corrected chi connectivity index (χ0v) is 12.8. The number of hydrogen-bond acceptors (Lipinski definition) is 6. The zero-order valence-electron chi connectivity index (χ0n) is 11.9. The van der Waals surface area contributed by atoms with E-state index < -0.39 is 0 Å². The molecule has 0 aliphatic carbocycles. The molecule has 7 heteroatoms. The van der Waals surface area contributed by atoms with Crippen LogP contribution in [0.25, 0.3) is 0 Å². The van der Waals surface area contributed by atoms with Gasteiger partial charge in [0.25, 0.3) is 0 Å². The van der Waals surface area contributed by atoms with Gasteiger partial charge in [-0.05, 0) is 49.1 Å². The first-order valence-electron chi connectivity index (χ1n) is 7.14. The summed E-state index contributed by atoms with van der Waals surface area (Å²) in [6.07, 6.45) is 4.73. The Balaban J connectivity index is 1.47. The molecule has 1 saturated heterocycles. The van der Waals surface area contributed by atoms with E-state index in [-0.39, 0.29) is 11.6 Å². The van der Waals surface area contributed by atoms with Gasteiger partial charge in [0.05, 0.1) is 12.4 Å². The van der Waals surface area contributed by atoms with Crippen LogP contribution in [0.3, 0.4) is 0 Å². The van der Waals surface area contributed by atoms with Crippen LogP contribution < -0.4 is 9.62 Å². The summed E-state index contributed by atoms with van der Waals surface area (Å²) in [5.41, 5.74) is 0. The van der Waals surface area contributed by atoms with Gasteiger partial charge in [-0.3, -0.25) is 0 Å². The molecule has 0 atom stereocenters. The van der Waals surface area contributed by atoms with Crippen molar-refractivity contribution in [2.75, 3.05) is 22.7 Å². The fraction of sp³-hybridized carbons (Fsp3) is 0.333. The molecule has 1 aliphatic rings. The summed E-state index contributed by atoms with van der Waals surface area (Å²) in [6.45, 7) is 1.81. The lowest BCUT2D eigenvalue weighted by Crippen LogP contribution is -2.35. The summed E-state index contributed by atoms with van der Waals surface area (Å²) < 4.78 is 16.1. The molecule has 0 saturated carbocycles. The van der Waals surface area contributed by atoms with Crippen molar-refractivity contribution < 1.29 is 9.50 Å². The van der Waals surface area contributed by atoms with Crippen molar-refractivity contribution in [2.24, 2.45) is 0 Å². The molecule has 0 aromatic carbocycles. The molecule has 0 bridgehead atoms. The molecule has 3 heterocycles. The highest BCUT2D eigenvalue weighted by molar-refractivity contribution is 8.01.